The van der Waals surface area contributed by atoms with Gasteiger partial charge in [0.25, 0.3) is 0 Å². The van der Waals surface area contributed by atoms with E-state index in [-0.39, 0.29) is 17.5 Å². The average Bonchev–Trinajstić information content (AvgIpc) is 2.45. The van der Waals surface area contributed by atoms with E-state index in [9.17, 15) is 9.59 Å². The van der Waals surface area contributed by atoms with Crippen LogP contribution in [0, 0.1) is 5.92 Å². The van der Waals surface area contributed by atoms with Crippen LogP contribution in [0.2, 0.25) is 0 Å². The Labute approximate surface area is 77.8 Å². The second-order valence-electron chi connectivity index (χ2n) is 3.30. The standard InChI is InChI=1S/C10H14O3/c1-6(7(2)11)10-8(12)4-5-9(10)13-3/h6H,4-5H2,1-3H3. The molecular formula is C10H14O3. The van der Waals surface area contributed by atoms with E-state index in [1.54, 1.807) is 14.0 Å². The highest BCUT2D eigenvalue weighted by molar-refractivity contribution is 6.03. The van der Waals surface area contributed by atoms with Gasteiger partial charge in [0, 0.05) is 24.3 Å². The molecule has 0 fully saturated rings. The molecule has 0 bridgehead atoms. The number of carbonyl (C=O) groups is 2. The Balaban J connectivity index is 2.97. The first-order valence-corrected chi connectivity index (χ1v) is 4.38. The van der Waals surface area contributed by atoms with Gasteiger partial charge in [-0.3, -0.25) is 9.59 Å². The van der Waals surface area contributed by atoms with Gasteiger partial charge in [0.1, 0.15) is 11.5 Å². The van der Waals surface area contributed by atoms with Gasteiger partial charge in [-0.15, -0.1) is 0 Å². The van der Waals surface area contributed by atoms with Crippen molar-refractivity contribution in [3.8, 4) is 0 Å². The van der Waals surface area contributed by atoms with Gasteiger partial charge in [0.15, 0.2) is 5.78 Å². The van der Waals surface area contributed by atoms with Crippen LogP contribution in [0.5, 0.6) is 0 Å². The van der Waals surface area contributed by atoms with Crippen molar-refractivity contribution in [3.63, 3.8) is 0 Å². The minimum atomic E-state index is -0.315. The molecule has 0 saturated carbocycles. The van der Waals surface area contributed by atoms with E-state index in [4.69, 9.17) is 4.74 Å². The van der Waals surface area contributed by atoms with Gasteiger partial charge in [-0.2, -0.15) is 0 Å². The largest absolute Gasteiger partial charge is 0.501 e. The third-order valence-corrected chi connectivity index (χ3v) is 2.47. The van der Waals surface area contributed by atoms with Crippen molar-refractivity contribution in [2.24, 2.45) is 5.92 Å². The summed E-state index contributed by atoms with van der Waals surface area (Å²) < 4.78 is 5.07. The van der Waals surface area contributed by atoms with Gasteiger partial charge < -0.3 is 4.74 Å². The Bertz CT molecular complexity index is 276. The fourth-order valence-electron chi connectivity index (χ4n) is 1.55. The second-order valence-corrected chi connectivity index (χ2v) is 3.30. The minimum absolute atomic E-state index is 0.0137. The molecule has 0 amide bonds. The predicted molar refractivity (Wildman–Crippen MR) is 48.1 cm³/mol. The van der Waals surface area contributed by atoms with Crippen molar-refractivity contribution >= 4 is 11.6 Å². The lowest BCUT2D eigenvalue weighted by Gasteiger charge is -2.09. The zero-order valence-electron chi connectivity index (χ0n) is 8.22. The molecule has 0 aromatic rings. The summed E-state index contributed by atoms with van der Waals surface area (Å²) in [4.78, 5) is 22.5. The molecule has 1 rings (SSSR count). The number of methoxy groups -OCH3 is 1. The smallest absolute Gasteiger partial charge is 0.163 e. The maximum atomic E-state index is 11.4. The fourth-order valence-corrected chi connectivity index (χ4v) is 1.55. The van der Waals surface area contributed by atoms with Gasteiger partial charge in [-0.05, 0) is 6.92 Å². The van der Waals surface area contributed by atoms with E-state index in [0.29, 0.717) is 24.2 Å². The van der Waals surface area contributed by atoms with Crippen LogP contribution in [-0.2, 0) is 14.3 Å². The van der Waals surface area contributed by atoms with Gasteiger partial charge in [-0.1, -0.05) is 6.92 Å². The fraction of sp³-hybridized carbons (Fsp3) is 0.600. The highest BCUT2D eigenvalue weighted by atomic mass is 16.5. The van der Waals surface area contributed by atoms with Crippen LogP contribution in [0.3, 0.4) is 0 Å². The maximum Gasteiger partial charge on any atom is 0.163 e. The Hall–Kier alpha value is -1.12. The van der Waals surface area contributed by atoms with E-state index < -0.39 is 0 Å². The van der Waals surface area contributed by atoms with Crippen molar-refractivity contribution in [1.82, 2.24) is 0 Å². The molecule has 3 heteroatoms. The van der Waals surface area contributed by atoms with Crippen molar-refractivity contribution in [2.75, 3.05) is 7.11 Å². The molecule has 0 N–H and O–H groups in total. The zero-order valence-corrected chi connectivity index (χ0v) is 8.22. The number of allylic oxidation sites excluding steroid dienone is 2. The summed E-state index contributed by atoms with van der Waals surface area (Å²) in [6, 6.07) is 0. The van der Waals surface area contributed by atoms with Crippen LogP contribution in [0.25, 0.3) is 0 Å². The van der Waals surface area contributed by atoms with Crippen LogP contribution in [0.15, 0.2) is 11.3 Å². The topological polar surface area (TPSA) is 43.4 Å². The molecule has 1 atom stereocenters. The molecule has 0 aliphatic heterocycles. The monoisotopic (exact) mass is 182 g/mol. The molecule has 0 radical (unpaired) electrons. The molecule has 13 heavy (non-hydrogen) atoms. The van der Waals surface area contributed by atoms with Crippen LogP contribution in [-0.4, -0.2) is 18.7 Å². The Morgan fingerprint density at radius 1 is 1.46 bits per heavy atom. The van der Waals surface area contributed by atoms with Crippen molar-refractivity contribution in [2.45, 2.75) is 26.7 Å². The molecule has 0 heterocycles. The molecule has 0 aromatic heterocycles. The number of ether oxygens (including phenoxy) is 1. The number of hydrogen-bond acceptors (Lipinski definition) is 3. The lowest BCUT2D eigenvalue weighted by Crippen LogP contribution is -2.15. The first-order valence-electron chi connectivity index (χ1n) is 4.38. The summed E-state index contributed by atoms with van der Waals surface area (Å²) in [5, 5.41) is 0. The lowest BCUT2D eigenvalue weighted by molar-refractivity contribution is -0.122. The minimum Gasteiger partial charge on any atom is -0.501 e. The van der Waals surface area contributed by atoms with Crippen molar-refractivity contribution in [3.05, 3.63) is 11.3 Å². The summed E-state index contributed by atoms with van der Waals surface area (Å²) in [5.41, 5.74) is 0.579. The normalized spacial score (nSPS) is 19.2. The predicted octanol–water partition coefficient (Wildman–Crippen LogP) is 1.47. The average molecular weight is 182 g/mol. The summed E-state index contributed by atoms with van der Waals surface area (Å²) in [6.07, 6.45) is 1.12. The molecule has 1 aliphatic rings. The van der Waals surface area contributed by atoms with E-state index in [0.717, 1.165) is 0 Å². The molecular weight excluding hydrogens is 168 g/mol. The Kier molecular flexibility index (Phi) is 2.86. The third-order valence-electron chi connectivity index (χ3n) is 2.47. The Morgan fingerprint density at radius 3 is 2.54 bits per heavy atom. The van der Waals surface area contributed by atoms with Crippen LogP contribution < -0.4 is 0 Å². The molecule has 3 nitrogen and oxygen atoms in total. The molecule has 1 aliphatic carbocycles. The summed E-state index contributed by atoms with van der Waals surface area (Å²) in [6.45, 7) is 3.25. The molecule has 1 unspecified atom stereocenters. The van der Waals surface area contributed by atoms with E-state index >= 15 is 0 Å². The van der Waals surface area contributed by atoms with Crippen molar-refractivity contribution in [1.29, 1.82) is 0 Å². The highest BCUT2D eigenvalue weighted by Gasteiger charge is 2.30. The lowest BCUT2D eigenvalue weighted by atomic mass is 9.96. The Morgan fingerprint density at radius 2 is 2.08 bits per heavy atom. The SMILES string of the molecule is COC1=C(C(C)C(C)=O)C(=O)CC1. The van der Waals surface area contributed by atoms with Crippen LogP contribution in [0.1, 0.15) is 26.7 Å². The van der Waals surface area contributed by atoms with Gasteiger partial charge in [-0.25, -0.2) is 0 Å². The van der Waals surface area contributed by atoms with Gasteiger partial charge in [0.05, 0.1) is 7.11 Å². The zero-order chi connectivity index (χ0) is 10.0. The van der Waals surface area contributed by atoms with E-state index in [1.165, 1.54) is 6.92 Å². The van der Waals surface area contributed by atoms with E-state index in [2.05, 4.69) is 0 Å². The van der Waals surface area contributed by atoms with Crippen molar-refractivity contribution < 1.29 is 14.3 Å². The number of hydrogen-bond donors (Lipinski definition) is 0. The van der Waals surface area contributed by atoms with E-state index in [1.807, 2.05) is 0 Å². The summed E-state index contributed by atoms with van der Waals surface area (Å²) in [7, 11) is 1.54. The summed E-state index contributed by atoms with van der Waals surface area (Å²) >= 11 is 0. The molecule has 72 valence electrons. The first-order chi connectivity index (χ1) is 6.07. The molecule has 0 spiro atoms. The van der Waals surface area contributed by atoms with Crippen LogP contribution in [0.4, 0.5) is 0 Å². The number of rotatable bonds is 3. The highest BCUT2D eigenvalue weighted by Crippen LogP contribution is 2.29. The summed E-state index contributed by atoms with van der Waals surface area (Å²) in [5.74, 6) is 0.442. The van der Waals surface area contributed by atoms with Gasteiger partial charge in [0.2, 0.25) is 0 Å². The van der Waals surface area contributed by atoms with Gasteiger partial charge >= 0.3 is 0 Å². The second kappa shape index (κ2) is 3.73. The maximum absolute atomic E-state index is 11.4. The number of carbonyl (C=O) groups excluding carboxylic acids is 2. The molecule has 0 saturated heterocycles. The quantitative estimate of drug-likeness (QED) is 0.664. The number of Topliss-reactive ketones (excluding diaryl/α,β-unsaturated/α-hetero) is 2. The molecule has 0 aromatic carbocycles. The third kappa shape index (κ3) is 1.79. The first kappa shape index (κ1) is 9.96. The number of ketones is 2. The van der Waals surface area contributed by atoms with Crippen LogP contribution >= 0.6 is 0 Å².